The van der Waals surface area contributed by atoms with Crippen molar-refractivity contribution in [2.45, 2.75) is 53.4 Å². The largest absolute Gasteiger partial charge is 0.383 e. The normalized spacial score (nSPS) is 12.1. The lowest BCUT2D eigenvalue weighted by Gasteiger charge is -2.22. The number of allylic oxidation sites excluding steroid dienone is 4. The lowest BCUT2D eigenvalue weighted by Crippen LogP contribution is -2.36. The van der Waals surface area contributed by atoms with Crippen molar-refractivity contribution >= 4 is 34.7 Å². The van der Waals surface area contributed by atoms with Crippen LogP contribution < -0.4 is 10.6 Å². The van der Waals surface area contributed by atoms with Gasteiger partial charge in [0, 0.05) is 51.2 Å². The number of ether oxygens (including phenoxy) is 2. The van der Waals surface area contributed by atoms with Gasteiger partial charge in [0.1, 0.15) is 5.82 Å². The molecule has 0 saturated carbocycles. The fourth-order valence-electron chi connectivity index (χ4n) is 4.88. The van der Waals surface area contributed by atoms with E-state index in [4.69, 9.17) is 9.47 Å². The van der Waals surface area contributed by atoms with E-state index in [1.807, 2.05) is 62.4 Å². The monoisotopic (exact) mass is 640 g/mol. The molecule has 0 spiro atoms. The van der Waals surface area contributed by atoms with E-state index in [2.05, 4.69) is 36.4 Å². The summed E-state index contributed by atoms with van der Waals surface area (Å²) in [4.78, 5) is 45.4. The molecule has 9 nitrogen and oxygen atoms in total. The number of nitrogens with one attached hydrogen (secondary N) is 2. The van der Waals surface area contributed by atoms with E-state index in [-0.39, 0.29) is 29.4 Å². The number of carbonyl (C=O) groups excluding carboxylic acids is 3. The number of benzene rings is 2. The first-order chi connectivity index (χ1) is 22.4. The quantitative estimate of drug-likeness (QED) is 0.135. The highest BCUT2D eigenvalue weighted by atomic mass is 16.5. The first kappa shape index (κ1) is 36.9. The van der Waals surface area contributed by atoms with Gasteiger partial charge in [-0.1, -0.05) is 58.0 Å². The molecule has 0 aliphatic carbocycles. The summed E-state index contributed by atoms with van der Waals surface area (Å²) in [5.74, 6) is -0.0440. The second-order valence-corrected chi connectivity index (χ2v) is 12.2. The Morgan fingerprint density at radius 1 is 0.894 bits per heavy atom. The minimum absolute atomic E-state index is 0.00210. The van der Waals surface area contributed by atoms with Gasteiger partial charge >= 0.3 is 0 Å². The molecule has 9 heteroatoms. The summed E-state index contributed by atoms with van der Waals surface area (Å²) in [6.07, 6.45) is 5.49. The SMILES string of the molecule is C/C=C(\C=C(\Nc1ccc(C(=O)N(CCOC)CCOC)cn1)C(=O)CC)c1cccc(NC(=O)c2ccc(C(C)(C)C)cc2)c1C. The Labute approximate surface area is 279 Å². The number of ketones is 1. The van der Waals surface area contributed by atoms with Crippen molar-refractivity contribution in [3.8, 4) is 0 Å². The van der Waals surface area contributed by atoms with Crippen molar-refractivity contribution in [1.82, 2.24) is 9.88 Å². The van der Waals surface area contributed by atoms with Crippen LogP contribution in [0.1, 0.15) is 78.4 Å². The van der Waals surface area contributed by atoms with Crippen LogP contribution in [0.15, 0.2) is 78.6 Å². The highest BCUT2D eigenvalue weighted by Gasteiger charge is 2.18. The topological polar surface area (TPSA) is 110 Å². The molecule has 3 aromatic rings. The molecular weight excluding hydrogens is 592 g/mol. The van der Waals surface area contributed by atoms with Crippen molar-refractivity contribution in [3.63, 3.8) is 0 Å². The number of amides is 2. The second-order valence-electron chi connectivity index (χ2n) is 12.2. The van der Waals surface area contributed by atoms with Crippen LogP contribution in [0, 0.1) is 6.92 Å². The maximum absolute atomic E-state index is 13.1. The lowest BCUT2D eigenvalue weighted by atomic mass is 9.86. The molecule has 47 heavy (non-hydrogen) atoms. The van der Waals surface area contributed by atoms with Crippen molar-refractivity contribution in [1.29, 1.82) is 0 Å². The zero-order valence-electron chi connectivity index (χ0n) is 28.9. The van der Waals surface area contributed by atoms with Gasteiger partial charge in [0.15, 0.2) is 5.78 Å². The summed E-state index contributed by atoms with van der Waals surface area (Å²) in [7, 11) is 3.18. The Morgan fingerprint density at radius 2 is 1.53 bits per heavy atom. The standard InChI is InChI=1S/C38H48N4O5/c1-9-27(31-12-11-13-32(26(31)3)41-36(44)28-14-17-30(18-15-28)38(4,5)6)24-33(34(43)10-2)40-35-19-16-29(25-39-35)37(45)42(20-22-46-7)21-23-47-8/h9,11-19,24-25H,10,20-23H2,1-8H3,(H,39,40)(H,41,44)/b27-9+,33-24+. The molecule has 0 fully saturated rings. The summed E-state index contributed by atoms with van der Waals surface area (Å²) >= 11 is 0. The highest BCUT2D eigenvalue weighted by molar-refractivity contribution is 6.05. The fraction of sp³-hybridized carbons (Fsp3) is 0.368. The Morgan fingerprint density at radius 3 is 2.06 bits per heavy atom. The van der Waals surface area contributed by atoms with Gasteiger partial charge in [-0.2, -0.15) is 0 Å². The number of rotatable bonds is 15. The molecule has 0 radical (unpaired) electrons. The van der Waals surface area contributed by atoms with Crippen LogP contribution in [0.2, 0.25) is 0 Å². The van der Waals surface area contributed by atoms with E-state index in [0.717, 1.165) is 22.3 Å². The van der Waals surface area contributed by atoms with E-state index in [0.29, 0.717) is 54.6 Å². The average molecular weight is 641 g/mol. The van der Waals surface area contributed by atoms with E-state index in [1.54, 1.807) is 44.3 Å². The van der Waals surface area contributed by atoms with Gasteiger partial charge < -0.3 is 25.0 Å². The van der Waals surface area contributed by atoms with Crippen LogP contribution in [0.3, 0.4) is 0 Å². The molecule has 0 saturated heterocycles. The molecular formula is C38H48N4O5. The highest BCUT2D eigenvalue weighted by Crippen LogP contribution is 2.28. The molecule has 0 atom stereocenters. The Hall–Kier alpha value is -4.60. The zero-order chi connectivity index (χ0) is 34.6. The molecule has 250 valence electrons. The molecule has 0 aliphatic rings. The van der Waals surface area contributed by atoms with E-state index in [9.17, 15) is 14.4 Å². The number of hydrogen-bond acceptors (Lipinski definition) is 7. The summed E-state index contributed by atoms with van der Waals surface area (Å²) < 4.78 is 10.3. The molecule has 2 amide bonds. The Bertz CT molecular complexity index is 1580. The van der Waals surface area contributed by atoms with Crippen molar-refractivity contribution < 1.29 is 23.9 Å². The third-order valence-electron chi connectivity index (χ3n) is 7.83. The van der Waals surface area contributed by atoms with Gasteiger partial charge in [0.25, 0.3) is 11.8 Å². The van der Waals surface area contributed by atoms with Crippen LogP contribution >= 0.6 is 0 Å². The number of carbonyl (C=O) groups is 3. The molecule has 2 aromatic carbocycles. The van der Waals surface area contributed by atoms with E-state index in [1.165, 1.54) is 6.20 Å². The minimum atomic E-state index is -0.194. The van der Waals surface area contributed by atoms with Gasteiger partial charge in [-0.25, -0.2) is 4.98 Å². The third-order valence-corrected chi connectivity index (χ3v) is 7.83. The number of hydrogen-bond donors (Lipinski definition) is 2. The summed E-state index contributed by atoms with van der Waals surface area (Å²) in [6, 6.07) is 16.7. The predicted molar refractivity (Wildman–Crippen MR) is 189 cm³/mol. The third kappa shape index (κ3) is 10.2. The first-order valence-corrected chi connectivity index (χ1v) is 15.9. The number of pyridine rings is 1. The second kappa shape index (κ2) is 17.4. The number of Topliss-reactive ketones (excluding diaryl/α,β-unsaturated/α-hetero) is 1. The van der Waals surface area contributed by atoms with Crippen LogP contribution in [0.4, 0.5) is 11.5 Å². The molecule has 0 unspecified atom stereocenters. The zero-order valence-corrected chi connectivity index (χ0v) is 28.9. The molecule has 1 heterocycles. The lowest BCUT2D eigenvalue weighted by molar-refractivity contribution is -0.115. The van der Waals surface area contributed by atoms with Crippen molar-refractivity contribution in [3.05, 3.63) is 106 Å². The smallest absolute Gasteiger partial charge is 0.255 e. The van der Waals surface area contributed by atoms with Crippen molar-refractivity contribution in [2.75, 3.05) is 51.2 Å². The van der Waals surface area contributed by atoms with E-state index < -0.39 is 0 Å². The number of methoxy groups -OCH3 is 2. The van der Waals surface area contributed by atoms with Crippen LogP contribution in [-0.2, 0) is 19.7 Å². The van der Waals surface area contributed by atoms with Gasteiger partial charge in [-0.3, -0.25) is 14.4 Å². The average Bonchev–Trinajstić information content (AvgIpc) is 3.07. The first-order valence-electron chi connectivity index (χ1n) is 15.9. The van der Waals surface area contributed by atoms with Gasteiger partial charge in [-0.15, -0.1) is 0 Å². The maximum Gasteiger partial charge on any atom is 0.255 e. The Kier molecular flexibility index (Phi) is 13.6. The molecule has 1 aromatic heterocycles. The Balaban J connectivity index is 1.83. The van der Waals surface area contributed by atoms with Crippen molar-refractivity contribution in [2.24, 2.45) is 0 Å². The number of aromatic nitrogens is 1. The van der Waals surface area contributed by atoms with Gasteiger partial charge in [-0.05, 0) is 77.9 Å². The maximum atomic E-state index is 13.1. The van der Waals surface area contributed by atoms with Crippen LogP contribution in [0.5, 0.6) is 0 Å². The van der Waals surface area contributed by atoms with E-state index >= 15 is 0 Å². The molecule has 2 N–H and O–H groups in total. The molecule has 0 aliphatic heterocycles. The summed E-state index contributed by atoms with van der Waals surface area (Å²) in [5.41, 5.74) is 5.74. The van der Waals surface area contributed by atoms with Crippen LogP contribution in [-0.4, -0.2) is 68.0 Å². The van der Waals surface area contributed by atoms with Gasteiger partial charge in [0.2, 0.25) is 0 Å². The summed E-state index contributed by atoms with van der Waals surface area (Å²) in [5, 5.41) is 6.21. The number of anilines is 2. The summed E-state index contributed by atoms with van der Waals surface area (Å²) in [6.45, 7) is 13.7. The van der Waals surface area contributed by atoms with Gasteiger partial charge in [0.05, 0.1) is 24.5 Å². The van der Waals surface area contributed by atoms with Crippen LogP contribution in [0.25, 0.3) is 5.57 Å². The predicted octanol–water partition coefficient (Wildman–Crippen LogP) is 7.05. The number of nitrogens with zero attached hydrogens (tertiary/aromatic N) is 2. The minimum Gasteiger partial charge on any atom is -0.383 e. The molecule has 0 bridgehead atoms. The fourth-order valence-corrected chi connectivity index (χ4v) is 4.88. The molecule has 3 rings (SSSR count).